The minimum Gasteiger partial charge on any atom is -0.491 e. The van der Waals surface area contributed by atoms with Crippen LogP contribution in [0.3, 0.4) is 0 Å². The van der Waals surface area contributed by atoms with Crippen LogP contribution in [0, 0.1) is 19.8 Å². The van der Waals surface area contributed by atoms with Crippen molar-refractivity contribution in [3.05, 3.63) is 64.5 Å². The number of carbonyl (C=O) groups excluding carboxylic acids is 3. The maximum atomic E-state index is 13.6. The molecule has 1 aliphatic heterocycles. The summed E-state index contributed by atoms with van der Waals surface area (Å²) in [5.41, 5.74) is 2.31. The number of rotatable bonds is 4. The van der Waals surface area contributed by atoms with Crippen molar-refractivity contribution in [3.8, 4) is 5.75 Å². The van der Waals surface area contributed by atoms with Crippen molar-refractivity contribution in [1.29, 1.82) is 0 Å². The lowest BCUT2D eigenvalue weighted by Crippen LogP contribution is -2.50. The first-order valence-corrected chi connectivity index (χ1v) is 14.2. The Labute approximate surface area is 255 Å². The van der Waals surface area contributed by atoms with E-state index in [0.29, 0.717) is 45.8 Å². The predicted octanol–water partition coefficient (Wildman–Crippen LogP) is 5.63. The fraction of sp³-hybridized carbons (Fsp3) is 0.400. The Morgan fingerprint density at radius 1 is 1.02 bits per heavy atom. The van der Waals surface area contributed by atoms with Crippen molar-refractivity contribution >= 4 is 46.6 Å². The minimum absolute atomic E-state index is 0.104. The number of likely N-dealkylation sites (N-methyl/N-ethyl adjacent to an activating group) is 1. The van der Waals surface area contributed by atoms with Gasteiger partial charge in [0.2, 0.25) is 0 Å². The molecular weight excluding hydrogens is 576 g/mol. The molecule has 5 amide bonds. The summed E-state index contributed by atoms with van der Waals surface area (Å²) >= 11 is 5.92. The number of methoxy groups -OCH3 is 1. The highest BCUT2D eigenvalue weighted by atomic mass is 35.5. The molecule has 2 heterocycles. The standard InChI is InChI=1S/C30H37ClN6O6/c1-17-14-37(30(40)34-27-19(3)35-43-20(27)4)18(2)16-42-25-12-11-23(13-24(25)28(38)36(5)15-26(17)41-6)33-29(39)32-22-9-7-21(31)8-10-22/h7-13,17-18,26H,14-16H2,1-6H3,(H,34,40)(H2,32,33,39)/t17-,18+,26-/m0/s1. The van der Waals surface area contributed by atoms with Gasteiger partial charge in [-0.1, -0.05) is 23.7 Å². The average Bonchev–Trinajstić information content (AvgIpc) is 3.29. The van der Waals surface area contributed by atoms with Gasteiger partial charge in [0, 0.05) is 49.6 Å². The molecule has 0 saturated carbocycles. The topological polar surface area (TPSA) is 138 Å². The summed E-state index contributed by atoms with van der Waals surface area (Å²) in [6.45, 7) is 8.04. The summed E-state index contributed by atoms with van der Waals surface area (Å²) in [7, 11) is 3.26. The predicted molar refractivity (Wildman–Crippen MR) is 164 cm³/mol. The van der Waals surface area contributed by atoms with Gasteiger partial charge in [0.1, 0.15) is 23.7 Å². The molecule has 1 aliphatic rings. The molecule has 2 aromatic carbocycles. The molecular formula is C30H37ClN6O6. The van der Waals surface area contributed by atoms with Gasteiger partial charge in [0.15, 0.2) is 5.76 Å². The van der Waals surface area contributed by atoms with E-state index in [0.717, 1.165) is 0 Å². The fourth-order valence-corrected chi connectivity index (χ4v) is 4.93. The van der Waals surface area contributed by atoms with E-state index in [4.69, 9.17) is 25.6 Å². The maximum Gasteiger partial charge on any atom is 0.323 e. The molecule has 0 unspecified atom stereocenters. The van der Waals surface area contributed by atoms with Crippen LogP contribution in [0.2, 0.25) is 5.02 Å². The minimum atomic E-state index is -0.487. The van der Waals surface area contributed by atoms with Gasteiger partial charge in [-0.15, -0.1) is 0 Å². The quantitative estimate of drug-likeness (QED) is 0.347. The first kappa shape index (κ1) is 31.6. The van der Waals surface area contributed by atoms with Crippen molar-refractivity contribution in [2.24, 2.45) is 5.92 Å². The second-order valence-corrected chi connectivity index (χ2v) is 11.1. The summed E-state index contributed by atoms with van der Waals surface area (Å²) in [5, 5.41) is 12.9. The lowest BCUT2D eigenvalue weighted by Gasteiger charge is -2.36. The monoisotopic (exact) mass is 612 g/mol. The number of ether oxygens (including phenoxy) is 2. The van der Waals surface area contributed by atoms with Gasteiger partial charge in [-0.05, 0) is 63.2 Å². The normalized spacial score (nSPS) is 19.4. The molecule has 0 saturated heterocycles. The van der Waals surface area contributed by atoms with Crippen molar-refractivity contribution in [1.82, 2.24) is 15.0 Å². The summed E-state index contributed by atoms with van der Waals surface area (Å²) in [6, 6.07) is 10.3. The van der Waals surface area contributed by atoms with Crippen LogP contribution in [0.5, 0.6) is 5.75 Å². The zero-order valence-electron chi connectivity index (χ0n) is 25.1. The first-order valence-electron chi connectivity index (χ1n) is 13.9. The number of nitrogens with zero attached hydrogens (tertiary/aromatic N) is 3. The van der Waals surface area contributed by atoms with Gasteiger partial charge in [-0.2, -0.15) is 0 Å². The number of fused-ring (bicyclic) bond motifs is 1. The van der Waals surface area contributed by atoms with Gasteiger partial charge < -0.3 is 39.7 Å². The maximum absolute atomic E-state index is 13.6. The Bertz CT molecular complexity index is 1440. The van der Waals surface area contributed by atoms with E-state index in [-0.39, 0.29) is 48.7 Å². The Morgan fingerprint density at radius 2 is 1.70 bits per heavy atom. The molecule has 0 fully saturated rings. The van der Waals surface area contributed by atoms with E-state index in [1.165, 1.54) is 0 Å². The van der Waals surface area contributed by atoms with E-state index >= 15 is 0 Å². The van der Waals surface area contributed by atoms with E-state index < -0.39 is 6.03 Å². The number of urea groups is 2. The second kappa shape index (κ2) is 13.8. The average molecular weight is 613 g/mol. The van der Waals surface area contributed by atoms with Crippen LogP contribution in [0.1, 0.15) is 35.7 Å². The van der Waals surface area contributed by atoms with Crippen LogP contribution in [-0.2, 0) is 4.74 Å². The molecule has 0 spiro atoms. The zero-order chi connectivity index (χ0) is 31.3. The first-order chi connectivity index (χ1) is 20.5. The Kier molecular flexibility index (Phi) is 10.1. The third-order valence-corrected chi connectivity index (χ3v) is 7.58. The number of carbonyl (C=O) groups is 3. The van der Waals surface area contributed by atoms with Crippen molar-refractivity contribution < 1.29 is 28.4 Å². The van der Waals surface area contributed by atoms with Crippen LogP contribution < -0.4 is 20.7 Å². The lowest BCUT2D eigenvalue weighted by molar-refractivity contribution is 0.0174. The summed E-state index contributed by atoms with van der Waals surface area (Å²) in [4.78, 5) is 43.0. The highest BCUT2D eigenvalue weighted by Gasteiger charge is 2.31. The van der Waals surface area contributed by atoms with E-state index in [1.807, 2.05) is 13.8 Å². The molecule has 0 aliphatic carbocycles. The van der Waals surface area contributed by atoms with Crippen molar-refractivity contribution in [2.75, 3.05) is 49.8 Å². The third kappa shape index (κ3) is 7.76. The third-order valence-electron chi connectivity index (χ3n) is 7.33. The molecule has 12 nitrogen and oxygen atoms in total. The van der Waals surface area contributed by atoms with Crippen LogP contribution >= 0.6 is 11.6 Å². The molecule has 3 N–H and O–H groups in total. The summed E-state index contributed by atoms with van der Waals surface area (Å²) in [6.07, 6.45) is -0.370. The van der Waals surface area contributed by atoms with Gasteiger partial charge in [-0.3, -0.25) is 4.79 Å². The smallest absolute Gasteiger partial charge is 0.323 e. The molecule has 0 radical (unpaired) electrons. The van der Waals surface area contributed by atoms with E-state index in [9.17, 15) is 14.4 Å². The summed E-state index contributed by atoms with van der Waals surface area (Å²) in [5.74, 6) is 0.391. The van der Waals surface area contributed by atoms with E-state index in [1.54, 1.807) is 80.3 Å². The molecule has 4 rings (SSSR count). The number of hydrogen-bond donors (Lipinski definition) is 3. The largest absolute Gasteiger partial charge is 0.491 e. The molecule has 13 heteroatoms. The van der Waals surface area contributed by atoms with Crippen molar-refractivity contribution in [3.63, 3.8) is 0 Å². The lowest BCUT2D eigenvalue weighted by atomic mass is 10.0. The van der Waals surface area contributed by atoms with E-state index in [2.05, 4.69) is 21.1 Å². The van der Waals surface area contributed by atoms with Crippen LogP contribution in [-0.4, -0.2) is 78.9 Å². The molecule has 3 aromatic rings. The fourth-order valence-electron chi connectivity index (χ4n) is 4.80. The Morgan fingerprint density at radius 3 is 2.35 bits per heavy atom. The Balaban J connectivity index is 1.59. The molecule has 1 aromatic heterocycles. The highest BCUT2D eigenvalue weighted by molar-refractivity contribution is 6.30. The second-order valence-electron chi connectivity index (χ2n) is 10.7. The number of benzene rings is 2. The number of halogens is 1. The van der Waals surface area contributed by atoms with Gasteiger partial charge in [0.25, 0.3) is 5.91 Å². The van der Waals surface area contributed by atoms with Gasteiger partial charge in [-0.25, -0.2) is 9.59 Å². The highest BCUT2D eigenvalue weighted by Crippen LogP contribution is 2.27. The van der Waals surface area contributed by atoms with Gasteiger partial charge in [0.05, 0.1) is 17.7 Å². The molecule has 230 valence electrons. The number of aryl methyl sites for hydroxylation is 2. The number of aromatic nitrogens is 1. The summed E-state index contributed by atoms with van der Waals surface area (Å²) < 4.78 is 17.1. The van der Waals surface area contributed by atoms with Crippen molar-refractivity contribution in [2.45, 2.75) is 39.8 Å². The number of anilines is 3. The number of amides is 5. The Hall–Kier alpha value is -4.29. The van der Waals surface area contributed by atoms with Crippen LogP contribution in [0.25, 0.3) is 0 Å². The van der Waals surface area contributed by atoms with Crippen LogP contribution in [0.15, 0.2) is 47.0 Å². The number of hydrogen-bond acceptors (Lipinski definition) is 7. The zero-order valence-corrected chi connectivity index (χ0v) is 25.8. The molecule has 0 bridgehead atoms. The molecule has 3 atom stereocenters. The number of nitrogens with one attached hydrogen (secondary N) is 3. The van der Waals surface area contributed by atoms with Gasteiger partial charge >= 0.3 is 12.1 Å². The molecule has 43 heavy (non-hydrogen) atoms. The SMILES string of the molecule is CO[C@H]1CN(C)C(=O)c2cc(NC(=O)Nc3ccc(Cl)cc3)ccc2OC[C@@H](C)N(C(=O)Nc2c(C)noc2C)C[C@@H]1C. The van der Waals surface area contributed by atoms with Crippen LogP contribution in [0.4, 0.5) is 26.7 Å².